The van der Waals surface area contributed by atoms with Crippen LogP contribution in [0.3, 0.4) is 0 Å². The van der Waals surface area contributed by atoms with E-state index in [9.17, 15) is 14.3 Å². The van der Waals surface area contributed by atoms with Crippen LogP contribution in [0.4, 0.5) is 4.39 Å². The first kappa shape index (κ1) is 14.1. The minimum atomic E-state index is -0.906. The zero-order chi connectivity index (χ0) is 14.5. The van der Waals surface area contributed by atoms with E-state index in [1.165, 1.54) is 30.5 Å². The average Bonchev–Trinajstić information content (AvgIpc) is 2.48. The van der Waals surface area contributed by atoms with Gasteiger partial charge in [-0.1, -0.05) is 12.1 Å². The molecule has 5 heteroatoms. The Morgan fingerprint density at radius 3 is 2.60 bits per heavy atom. The first-order chi connectivity index (χ1) is 9.58. The average molecular weight is 274 g/mol. The molecule has 0 saturated heterocycles. The van der Waals surface area contributed by atoms with E-state index >= 15 is 0 Å². The van der Waals surface area contributed by atoms with Crippen molar-refractivity contribution in [1.29, 1.82) is 0 Å². The molecule has 20 heavy (non-hydrogen) atoms. The molecule has 0 aliphatic carbocycles. The van der Waals surface area contributed by atoms with Gasteiger partial charge in [0, 0.05) is 12.4 Å². The van der Waals surface area contributed by atoms with Gasteiger partial charge in [0.25, 0.3) is 5.91 Å². The van der Waals surface area contributed by atoms with Gasteiger partial charge in [-0.3, -0.25) is 9.78 Å². The maximum Gasteiger partial charge on any atom is 0.253 e. The van der Waals surface area contributed by atoms with Crippen LogP contribution in [0.25, 0.3) is 0 Å². The van der Waals surface area contributed by atoms with Crippen molar-refractivity contribution in [3.05, 3.63) is 65.7 Å². The molecule has 0 aliphatic heterocycles. The third-order valence-electron chi connectivity index (χ3n) is 2.97. The normalized spacial score (nSPS) is 13.6. The summed E-state index contributed by atoms with van der Waals surface area (Å²) in [6.07, 6.45) is 2.12. The van der Waals surface area contributed by atoms with Gasteiger partial charge in [-0.25, -0.2) is 4.39 Å². The lowest BCUT2D eigenvalue weighted by atomic mass is 10.0. The zero-order valence-corrected chi connectivity index (χ0v) is 11.0. The summed E-state index contributed by atoms with van der Waals surface area (Å²) in [5.41, 5.74) is 0.969. The monoisotopic (exact) mass is 274 g/mol. The molecule has 0 saturated carbocycles. The Morgan fingerprint density at radius 1 is 1.30 bits per heavy atom. The maximum atomic E-state index is 12.8. The maximum absolute atomic E-state index is 12.8. The highest BCUT2D eigenvalue weighted by atomic mass is 19.1. The van der Waals surface area contributed by atoms with E-state index in [-0.39, 0.29) is 11.7 Å². The number of carbonyl (C=O) groups is 1. The van der Waals surface area contributed by atoms with Crippen LogP contribution < -0.4 is 5.32 Å². The number of halogens is 1. The van der Waals surface area contributed by atoms with Crippen LogP contribution in [0.15, 0.2) is 48.8 Å². The fourth-order valence-corrected chi connectivity index (χ4v) is 1.81. The molecule has 4 nitrogen and oxygen atoms in total. The van der Waals surface area contributed by atoms with E-state index in [1.54, 1.807) is 25.3 Å². The summed E-state index contributed by atoms with van der Waals surface area (Å²) in [7, 11) is 0. The quantitative estimate of drug-likeness (QED) is 0.897. The Kier molecular flexibility index (Phi) is 4.42. The van der Waals surface area contributed by atoms with Gasteiger partial charge >= 0.3 is 0 Å². The highest BCUT2D eigenvalue weighted by Crippen LogP contribution is 2.17. The number of nitrogens with zero attached hydrogens (tertiary/aromatic N) is 1. The van der Waals surface area contributed by atoms with Crippen molar-refractivity contribution in [1.82, 2.24) is 10.3 Å². The number of rotatable bonds is 4. The third kappa shape index (κ3) is 3.39. The van der Waals surface area contributed by atoms with Gasteiger partial charge in [-0.15, -0.1) is 0 Å². The minimum Gasteiger partial charge on any atom is -0.386 e. The Morgan fingerprint density at radius 2 is 2.00 bits per heavy atom. The molecule has 2 N–H and O–H groups in total. The van der Waals surface area contributed by atoms with Crippen LogP contribution in [0.2, 0.25) is 0 Å². The van der Waals surface area contributed by atoms with Crippen LogP contribution >= 0.6 is 0 Å². The lowest BCUT2D eigenvalue weighted by molar-refractivity contribution is 0.0851. The predicted octanol–water partition coefficient (Wildman–Crippen LogP) is 2.07. The SMILES string of the molecule is CC(NC(=O)c1cccnc1)C(O)c1ccc(F)cc1. The number of aliphatic hydroxyl groups excluding tert-OH is 1. The van der Waals surface area contributed by atoms with Crippen LogP contribution in [-0.4, -0.2) is 22.0 Å². The molecule has 0 radical (unpaired) electrons. The molecule has 0 spiro atoms. The lowest BCUT2D eigenvalue weighted by Gasteiger charge is -2.20. The Balaban J connectivity index is 2.02. The van der Waals surface area contributed by atoms with Crippen molar-refractivity contribution in [3.63, 3.8) is 0 Å². The molecular weight excluding hydrogens is 259 g/mol. The molecule has 1 aromatic carbocycles. The Labute approximate surface area is 116 Å². The summed E-state index contributed by atoms with van der Waals surface area (Å²) in [5.74, 6) is -0.681. The molecule has 1 heterocycles. The van der Waals surface area contributed by atoms with Gasteiger partial charge in [0.15, 0.2) is 0 Å². The summed E-state index contributed by atoms with van der Waals surface area (Å²) in [6, 6.07) is 8.32. The molecule has 1 amide bonds. The topological polar surface area (TPSA) is 62.2 Å². The largest absolute Gasteiger partial charge is 0.386 e. The molecule has 0 fully saturated rings. The number of hydrogen-bond donors (Lipinski definition) is 2. The molecule has 2 unspecified atom stereocenters. The van der Waals surface area contributed by atoms with E-state index < -0.39 is 12.1 Å². The first-order valence-electron chi connectivity index (χ1n) is 6.22. The van der Waals surface area contributed by atoms with E-state index in [0.29, 0.717) is 11.1 Å². The number of aliphatic hydroxyl groups is 1. The molecule has 0 aliphatic rings. The fraction of sp³-hybridized carbons (Fsp3) is 0.200. The summed E-state index contributed by atoms with van der Waals surface area (Å²) in [4.78, 5) is 15.8. The second-order valence-corrected chi connectivity index (χ2v) is 4.50. The predicted molar refractivity (Wildman–Crippen MR) is 72.5 cm³/mol. The van der Waals surface area contributed by atoms with Gasteiger partial charge in [0.05, 0.1) is 17.7 Å². The lowest BCUT2D eigenvalue weighted by Crippen LogP contribution is -2.37. The Hall–Kier alpha value is -2.27. The van der Waals surface area contributed by atoms with Crippen molar-refractivity contribution in [2.24, 2.45) is 0 Å². The van der Waals surface area contributed by atoms with Gasteiger partial charge in [0.2, 0.25) is 0 Å². The molecule has 0 bridgehead atoms. The van der Waals surface area contributed by atoms with E-state index in [1.807, 2.05) is 0 Å². The van der Waals surface area contributed by atoms with Crippen LogP contribution in [0, 0.1) is 5.82 Å². The van der Waals surface area contributed by atoms with Crippen molar-refractivity contribution in [2.75, 3.05) is 0 Å². The number of amides is 1. The van der Waals surface area contributed by atoms with Crippen LogP contribution in [0.1, 0.15) is 28.9 Å². The number of aromatic nitrogens is 1. The molecule has 2 atom stereocenters. The summed E-state index contributed by atoms with van der Waals surface area (Å²) < 4.78 is 12.8. The molecule has 104 valence electrons. The number of nitrogens with one attached hydrogen (secondary N) is 1. The second kappa shape index (κ2) is 6.25. The highest BCUT2D eigenvalue weighted by molar-refractivity contribution is 5.94. The van der Waals surface area contributed by atoms with Gasteiger partial charge < -0.3 is 10.4 Å². The summed E-state index contributed by atoms with van der Waals surface area (Å²) >= 11 is 0. The molecule has 1 aromatic heterocycles. The van der Waals surface area contributed by atoms with E-state index in [2.05, 4.69) is 10.3 Å². The third-order valence-corrected chi connectivity index (χ3v) is 2.97. The zero-order valence-electron chi connectivity index (χ0n) is 11.0. The summed E-state index contributed by atoms with van der Waals surface area (Å²) in [5, 5.41) is 12.8. The van der Waals surface area contributed by atoms with Crippen molar-refractivity contribution in [2.45, 2.75) is 19.1 Å². The second-order valence-electron chi connectivity index (χ2n) is 4.50. The standard InChI is InChI=1S/C15H15FN2O2/c1-10(14(19)11-4-6-13(16)7-5-11)18-15(20)12-3-2-8-17-9-12/h2-10,14,19H,1H3,(H,18,20). The van der Waals surface area contributed by atoms with E-state index in [0.717, 1.165) is 0 Å². The van der Waals surface area contributed by atoms with Crippen LogP contribution in [0.5, 0.6) is 0 Å². The van der Waals surface area contributed by atoms with Gasteiger partial charge in [-0.2, -0.15) is 0 Å². The van der Waals surface area contributed by atoms with Crippen molar-refractivity contribution in [3.8, 4) is 0 Å². The number of carbonyl (C=O) groups excluding carboxylic acids is 1. The Bertz CT molecular complexity index is 572. The smallest absolute Gasteiger partial charge is 0.253 e. The van der Waals surface area contributed by atoms with Gasteiger partial charge in [0.1, 0.15) is 5.82 Å². The first-order valence-corrected chi connectivity index (χ1v) is 6.22. The number of benzene rings is 1. The minimum absolute atomic E-state index is 0.313. The van der Waals surface area contributed by atoms with Crippen molar-refractivity contribution >= 4 is 5.91 Å². The van der Waals surface area contributed by atoms with Crippen LogP contribution in [-0.2, 0) is 0 Å². The van der Waals surface area contributed by atoms with E-state index in [4.69, 9.17) is 0 Å². The number of pyridine rings is 1. The molecule has 2 rings (SSSR count). The highest BCUT2D eigenvalue weighted by Gasteiger charge is 2.19. The molecular formula is C15H15FN2O2. The van der Waals surface area contributed by atoms with Gasteiger partial charge in [-0.05, 0) is 36.8 Å². The fourth-order valence-electron chi connectivity index (χ4n) is 1.81. The molecule has 2 aromatic rings. The summed E-state index contributed by atoms with van der Waals surface area (Å²) in [6.45, 7) is 1.68. The number of hydrogen-bond acceptors (Lipinski definition) is 3. The van der Waals surface area contributed by atoms with Crippen molar-refractivity contribution < 1.29 is 14.3 Å².